The number of halogens is 2. The highest BCUT2D eigenvalue weighted by Crippen LogP contribution is 2.27. The summed E-state index contributed by atoms with van der Waals surface area (Å²) in [5, 5.41) is 3.59. The third-order valence-corrected chi connectivity index (χ3v) is 3.78. The van der Waals surface area contributed by atoms with Crippen molar-refractivity contribution in [2.75, 3.05) is 6.61 Å². The Balaban J connectivity index is 1.66. The van der Waals surface area contributed by atoms with Crippen LogP contribution in [0, 0.1) is 0 Å². The zero-order valence-electron chi connectivity index (χ0n) is 11.3. The maximum atomic E-state index is 6.07. The van der Waals surface area contributed by atoms with Gasteiger partial charge in [-0.3, -0.25) is 0 Å². The average Bonchev–Trinajstić information content (AvgIpc) is 2.49. The quantitative estimate of drug-likeness (QED) is 0.645. The highest BCUT2D eigenvalue weighted by molar-refractivity contribution is 6.35. The summed E-state index contributed by atoms with van der Waals surface area (Å²) in [6.45, 7) is 1.30. The van der Waals surface area contributed by atoms with E-state index in [2.05, 4.69) is 35.2 Å². The van der Waals surface area contributed by atoms with Crippen LogP contribution in [0.3, 0.4) is 0 Å². The summed E-state index contributed by atoms with van der Waals surface area (Å²) < 4.78 is 7.80. The molecule has 0 bridgehead atoms. The third kappa shape index (κ3) is 3.46. The highest BCUT2D eigenvalue weighted by atomic mass is 35.5. The number of pyridine rings is 1. The fourth-order valence-corrected chi connectivity index (χ4v) is 2.63. The van der Waals surface area contributed by atoms with Crippen molar-refractivity contribution in [3.63, 3.8) is 0 Å². The van der Waals surface area contributed by atoms with Gasteiger partial charge >= 0.3 is 0 Å². The van der Waals surface area contributed by atoms with E-state index in [1.807, 2.05) is 12.1 Å². The van der Waals surface area contributed by atoms with Crippen molar-refractivity contribution in [2.24, 2.45) is 0 Å². The van der Waals surface area contributed by atoms with Crippen LogP contribution >= 0.6 is 23.2 Å². The van der Waals surface area contributed by atoms with E-state index in [1.54, 1.807) is 18.2 Å². The fourth-order valence-electron chi connectivity index (χ4n) is 2.17. The molecule has 2 aromatic carbocycles. The van der Waals surface area contributed by atoms with Gasteiger partial charge in [0.05, 0.1) is 5.02 Å². The lowest BCUT2D eigenvalue weighted by Gasteiger charge is -2.06. The Morgan fingerprint density at radius 3 is 2.57 bits per heavy atom. The molecule has 0 atom stereocenters. The molecule has 0 aliphatic carbocycles. The maximum Gasteiger partial charge on any atom is 0.182 e. The molecule has 0 radical (unpaired) electrons. The van der Waals surface area contributed by atoms with Crippen LogP contribution in [0.25, 0.3) is 10.8 Å². The minimum atomic E-state index is 0.533. The minimum Gasteiger partial charge on any atom is -0.485 e. The fraction of sp³-hybridized carbons (Fsp3) is 0.118. The van der Waals surface area contributed by atoms with Crippen molar-refractivity contribution in [3.05, 3.63) is 71.0 Å². The number of aromatic nitrogens is 1. The van der Waals surface area contributed by atoms with E-state index in [9.17, 15) is 0 Å². The Hall–Kier alpha value is -1.77. The van der Waals surface area contributed by atoms with Crippen molar-refractivity contribution >= 4 is 34.0 Å². The van der Waals surface area contributed by atoms with Gasteiger partial charge in [0.1, 0.15) is 12.4 Å². The first kappa shape index (κ1) is 14.2. The molecule has 1 aromatic heterocycles. The number of nitrogens with zero attached hydrogens (tertiary/aromatic N) is 1. The number of benzene rings is 2. The predicted octanol–water partition coefficient (Wildman–Crippen LogP) is 4.51. The molecule has 0 saturated heterocycles. The van der Waals surface area contributed by atoms with E-state index in [0.717, 1.165) is 6.54 Å². The van der Waals surface area contributed by atoms with Crippen LogP contribution in [0.1, 0.15) is 0 Å². The van der Waals surface area contributed by atoms with Crippen LogP contribution in [0.2, 0.25) is 10.0 Å². The molecule has 0 N–H and O–H groups in total. The predicted molar refractivity (Wildman–Crippen MR) is 86.1 cm³/mol. The average molecular weight is 319 g/mol. The first-order chi connectivity index (χ1) is 10.2. The monoisotopic (exact) mass is 318 g/mol. The third-order valence-electron chi connectivity index (χ3n) is 3.25. The van der Waals surface area contributed by atoms with Gasteiger partial charge in [0, 0.05) is 16.5 Å². The molecule has 0 amide bonds. The number of hydrogen-bond acceptors (Lipinski definition) is 1. The Kier molecular flexibility index (Phi) is 4.28. The van der Waals surface area contributed by atoms with Gasteiger partial charge in [-0.2, -0.15) is 0 Å². The number of hydrogen-bond donors (Lipinski definition) is 0. The van der Waals surface area contributed by atoms with Gasteiger partial charge < -0.3 is 4.74 Å². The Bertz CT molecular complexity index is 774. The van der Waals surface area contributed by atoms with E-state index < -0.39 is 0 Å². The zero-order valence-corrected chi connectivity index (χ0v) is 12.8. The molecule has 0 fully saturated rings. The summed E-state index contributed by atoms with van der Waals surface area (Å²) in [7, 11) is 0. The lowest BCUT2D eigenvalue weighted by molar-refractivity contribution is -0.696. The topological polar surface area (TPSA) is 13.1 Å². The number of rotatable bonds is 4. The van der Waals surface area contributed by atoms with Gasteiger partial charge in [-0.1, -0.05) is 41.4 Å². The first-order valence-corrected chi connectivity index (χ1v) is 7.44. The Morgan fingerprint density at radius 1 is 0.952 bits per heavy atom. The molecule has 0 spiro atoms. The molecule has 0 saturated carbocycles. The number of fused-ring (bicyclic) bond motifs is 1. The van der Waals surface area contributed by atoms with Gasteiger partial charge in [-0.05, 0) is 29.7 Å². The van der Waals surface area contributed by atoms with E-state index in [-0.39, 0.29) is 0 Å². The first-order valence-electron chi connectivity index (χ1n) is 6.68. The van der Waals surface area contributed by atoms with Gasteiger partial charge in [0.15, 0.2) is 18.9 Å². The molecule has 0 aliphatic heterocycles. The largest absolute Gasteiger partial charge is 0.485 e. The smallest absolute Gasteiger partial charge is 0.182 e. The van der Waals surface area contributed by atoms with Crippen LogP contribution in [-0.2, 0) is 6.54 Å². The summed E-state index contributed by atoms with van der Waals surface area (Å²) in [5.74, 6) is 0.655. The van der Waals surface area contributed by atoms with E-state index in [0.29, 0.717) is 22.4 Å². The lowest BCUT2D eigenvalue weighted by atomic mass is 10.2. The van der Waals surface area contributed by atoms with Crippen LogP contribution in [0.15, 0.2) is 60.9 Å². The summed E-state index contributed by atoms with van der Waals surface area (Å²) in [5.41, 5.74) is 0. The van der Waals surface area contributed by atoms with Crippen molar-refractivity contribution in [1.82, 2.24) is 0 Å². The summed E-state index contributed by atoms with van der Waals surface area (Å²) in [6.07, 6.45) is 4.16. The van der Waals surface area contributed by atoms with Crippen molar-refractivity contribution in [2.45, 2.75) is 6.54 Å². The second kappa shape index (κ2) is 6.33. The van der Waals surface area contributed by atoms with Crippen LogP contribution in [0.4, 0.5) is 0 Å². The SMILES string of the molecule is Clc1ccc(OCC[n+]2ccc3ccccc3c2)c(Cl)c1. The van der Waals surface area contributed by atoms with Crippen LogP contribution in [0.5, 0.6) is 5.75 Å². The summed E-state index contributed by atoms with van der Waals surface area (Å²) >= 11 is 11.9. The number of ether oxygens (including phenoxy) is 1. The molecule has 0 unspecified atom stereocenters. The lowest BCUT2D eigenvalue weighted by Crippen LogP contribution is -2.35. The van der Waals surface area contributed by atoms with Crippen LogP contribution < -0.4 is 9.30 Å². The molecular formula is C17H14Cl2NO+. The molecule has 3 rings (SSSR count). The van der Waals surface area contributed by atoms with Crippen molar-refractivity contribution < 1.29 is 9.30 Å². The van der Waals surface area contributed by atoms with E-state index in [1.165, 1.54) is 10.8 Å². The van der Waals surface area contributed by atoms with Crippen LogP contribution in [-0.4, -0.2) is 6.61 Å². The van der Waals surface area contributed by atoms with Gasteiger partial charge in [0.25, 0.3) is 0 Å². The molecule has 0 aliphatic rings. The zero-order chi connectivity index (χ0) is 14.7. The molecule has 21 heavy (non-hydrogen) atoms. The van der Waals surface area contributed by atoms with E-state index in [4.69, 9.17) is 27.9 Å². The minimum absolute atomic E-state index is 0.533. The van der Waals surface area contributed by atoms with Gasteiger partial charge in [-0.25, -0.2) is 4.57 Å². The Morgan fingerprint density at radius 2 is 1.76 bits per heavy atom. The molecule has 1 heterocycles. The second-order valence-electron chi connectivity index (χ2n) is 4.73. The maximum absolute atomic E-state index is 6.07. The summed E-state index contributed by atoms with van der Waals surface area (Å²) in [4.78, 5) is 0. The normalized spacial score (nSPS) is 10.8. The Labute approximate surface area is 133 Å². The summed E-state index contributed by atoms with van der Waals surface area (Å²) in [6, 6.07) is 15.6. The van der Waals surface area contributed by atoms with Crippen molar-refractivity contribution in [3.8, 4) is 5.75 Å². The molecule has 2 nitrogen and oxygen atoms in total. The van der Waals surface area contributed by atoms with Crippen molar-refractivity contribution in [1.29, 1.82) is 0 Å². The molecule has 3 aromatic rings. The molecular weight excluding hydrogens is 305 g/mol. The second-order valence-corrected chi connectivity index (χ2v) is 5.58. The standard InChI is InChI=1S/C17H14Cl2NO/c18-15-5-6-17(16(19)11-15)21-10-9-20-8-7-13-3-1-2-4-14(13)12-20/h1-8,11-12H,9-10H2/q+1. The molecule has 4 heteroatoms. The van der Waals surface area contributed by atoms with Gasteiger partial charge in [0.2, 0.25) is 0 Å². The van der Waals surface area contributed by atoms with Gasteiger partial charge in [-0.15, -0.1) is 0 Å². The highest BCUT2D eigenvalue weighted by Gasteiger charge is 2.06. The van der Waals surface area contributed by atoms with E-state index >= 15 is 0 Å². The molecule has 106 valence electrons.